The van der Waals surface area contributed by atoms with E-state index in [9.17, 15) is 4.79 Å². The molecule has 2 aliphatic rings. The first kappa shape index (κ1) is 21.7. The summed E-state index contributed by atoms with van der Waals surface area (Å²) in [7, 11) is -1.42. The zero-order valence-electron chi connectivity index (χ0n) is 17.8. The van der Waals surface area contributed by atoms with Crippen LogP contribution in [0.2, 0.25) is 19.6 Å². The molecule has 1 unspecified atom stereocenters. The SMILES string of the molecule is CC(C)(C)OC(=O)N1CCC(CNCCO[Si](C)(C)C)C2(CCCC2)C1. The van der Waals surface area contributed by atoms with Gasteiger partial charge in [0.25, 0.3) is 0 Å². The van der Waals surface area contributed by atoms with Crippen LogP contribution in [0.1, 0.15) is 52.9 Å². The number of hydrogen-bond acceptors (Lipinski definition) is 4. The van der Waals surface area contributed by atoms with E-state index in [1.54, 1.807) is 0 Å². The van der Waals surface area contributed by atoms with E-state index >= 15 is 0 Å². The molecule has 1 aliphatic carbocycles. The van der Waals surface area contributed by atoms with Crippen LogP contribution in [-0.4, -0.2) is 57.7 Å². The molecule has 1 atom stereocenters. The maximum absolute atomic E-state index is 12.5. The summed E-state index contributed by atoms with van der Waals surface area (Å²) >= 11 is 0. The van der Waals surface area contributed by atoms with Gasteiger partial charge in [0.15, 0.2) is 8.32 Å². The molecule has 1 amide bonds. The van der Waals surface area contributed by atoms with E-state index < -0.39 is 13.9 Å². The minimum absolute atomic E-state index is 0.140. The first-order valence-corrected chi connectivity index (χ1v) is 13.7. The Morgan fingerprint density at radius 2 is 1.88 bits per heavy atom. The van der Waals surface area contributed by atoms with Gasteiger partial charge in [-0.3, -0.25) is 0 Å². The lowest BCUT2D eigenvalue weighted by Gasteiger charge is -2.46. The van der Waals surface area contributed by atoms with Crippen LogP contribution < -0.4 is 5.32 Å². The van der Waals surface area contributed by atoms with Gasteiger partial charge in [0.1, 0.15) is 5.60 Å². The normalized spacial score (nSPS) is 23.5. The van der Waals surface area contributed by atoms with Crippen molar-refractivity contribution < 1.29 is 14.0 Å². The molecule has 1 saturated carbocycles. The Hall–Kier alpha value is -0.593. The van der Waals surface area contributed by atoms with E-state index in [1.807, 2.05) is 25.7 Å². The van der Waals surface area contributed by atoms with Crippen LogP contribution >= 0.6 is 0 Å². The monoisotopic (exact) mass is 384 g/mol. The standard InChI is InChI=1S/C20H40N2O3Si/c1-19(2,3)25-18(23)22-13-9-17(20(16-22)10-7-8-11-20)15-21-12-14-24-26(4,5)6/h17,21H,7-16H2,1-6H3. The highest BCUT2D eigenvalue weighted by atomic mass is 28.4. The summed E-state index contributed by atoms with van der Waals surface area (Å²) in [5.41, 5.74) is -0.142. The molecule has 1 heterocycles. The molecule has 5 nitrogen and oxygen atoms in total. The topological polar surface area (TPSA) is 50.8 Å². The summed E-state index contributed by atoms with van der Waals surface area (Å²) < 4.78 is 11.6. The van der Waals surface area contributed by atoms with E-state index in [0.29, 0.717) is 5.92 Å². The van der Waals surface area contributed by atoms with Crippen molar-refractivity contribution in [3.05, 3.63) is 0 Å². The van der Waals surface area contributed by atoms with Gasteiger partial charge in [0.05, 0.1) is 0 Å². The molecule has 2 fully saturated rings. The van der Waals surface area contributed by atoms with Gasteiger partial charge in [-0.2, -0.15) is 0 Å². The van der Waals surface area contributed by atoms with Crippen LogP contribution in [0.15, 0.2) is 0 Å². The average molecular weight is 385 g/mol. The third-order valence-corrected chi connectivity index (χ3v) is 6.65. The fourth-order valence-electron chi connectivity index (χ4n) is 4.36. The first-order valence-electron chi connectivity index (χ1n) is 10.3. The van der Waals surface area contributed by atoms with Crippen molar-refractivity contribution in [3.63, 3.8) is 0 Å². The molecule has 0 aromatic carbocycles. The highest BCUT2D eigenvalue weighted by Crippen LogP contribution is 2.48. The third kappa shape index (κ3) is 6.53. The van der Waals surface area contributed by atoms with Crippen LogP contribution in [0.3, 0.4) is 0 Å². The Bertz CT molecular complexity index is 465. The summed E-state index contributed by atoms with van der Waals surface area (Å²) in [6.45, 7) is 16.9. The zero-order valence-corrected chi connectivity index (χ0v) is 18.8. The quantitative estimate of drug-likeness (QED) is 0.549. The lowest BCUT2D eigenvalue weighted by Crippen LogP contribution is -2.53. The molecule has 6 heteroatoms. The van der Waals surface area contributed by atoms with Crippen LogP contribution in [-0.2, 0) is 9.16 Å². The molecule has 0 aromatic rings. The highest BCUT2D eigenvalue weighted by molar-refractivity contribution is 6.69. The number of hydrogen-bond donors (Lipinski definition) is 1. The van der Waals surface area contributed by atoms with Crippen molar-refractivity contribution in [1.29, 1.82) is 0 Å². The molecule has 152 valence electrons. The van der Waals surface area contributed by atoms with E-state index in [0.717, 1.165) is 39.2 Å². The van der Waals surface area contributed by atoms with Crippen molar-refractivity contribution in [1.82, 2.24) is 10.2 Å². The first-order chi connectivity index (χ1) is 12.0. The van der Waals surface area contributed by atoms with Gasteiger partial charge in [0, 0.05) is 26.2 Å². The molecule has 1 N–H and O–H groups in total. The Morgan fingerprint density at radius 1 is 1.23 bits per heavy atom. The number of likely N-dealkylation sites (tertiary alicyclic amines) is 1. The number of piperidine rings is 1. The number of nitrogens with one attached hydrogen (secondary N) is 1. The van der Waals surface area contributed by atoms with E-state index in [-0.39, 0.29) is 11.5 Å². The maximum atomic E-state index is 12.5. The molecule has 0 bridgehead atoms. The minimum atomic E-state index is -1.42. The van der Waals surface area contributed by atoms with Gasteiger partial charge in [-0.1, -0.05) is 12.8 Å². The molecular formula is C20H40N2O3Si. The molecule has 1 aliphatic heterocycles. The highest BCUT2D eigenvalue weighted by Gasteiger charge is 2.46. The van der Waals surface area contributed by atoms with Crippen molar-refractivity contribution >= 4 is 14.4 Å². The number of rotatable bonds is 6. The number of carbonyl (C=O) groups is 1. The fraction of sp³-hybridized carbons (Fsp3) is 0.950. The Morgan fingerprint density at radius 3 is 2.46 bits per heavy atom. The van der Waals surface area contributed by atoms with Gasteiger partial charge in [-0.25, -0.2) is 4.79 Å². The van der Waals surface area contributed by atoms with Gasteiger partial charge < -0.3 is 19.4 Å². The van der Waals surface area contributed by atoms with Crippen LogP contribution in [0.25, 0.3) is 0 Å². The Labute approximate surface area is 161 Å². The lowest BCUT2D eigenvalue weighted by molar-refractivity contribution is -0.0120. The molecule has 1 spiro atoms. The van der Waals surface area contributed by atoms with Gasteiger partial charge >= 0.3 is 6.09 Å². The molecular weight excluding hydrogens is 344 g/mol. The summed E-state index contributed by atoms with van der Waals surface area (Å²) in [5.74, 6) is 0.649. The number of ether oxygens (including phenoxy) is 1. The number of nitrogens with zero attached hydrogens (tertiary/aromatic N) is 1. The van der Waals surface area contributed by atoms with E-state index in [4.69, 9.17) is 9.16 Å². The largest absolute Gasteiger partial charge is 0.444 e. The van der Waals surface area contributed by atoms with Gasteiger partial charge in [-0.15, -0.1) is 0 Å². The fourth-order valence-corrected chi connectivity index (χ4v) is 5.07. The maximum Gasteiger partial charge on any atom is 0.410 e. The zero-order chi connectivity index (χ0) is 19.4. The molecule has 26 heavy (non-hydrogen) atoms. The second-order valence-corrected chi connectivity index (χ2v) is 14.6. The number of carbonyl (C=O) groups excluding carboxylic acids is 1. The molecule has 2 rings (SSSR count). The smallest absolute Gasteiger partial charge is 0.410 e. The van der Waals surface area contributed by atoms with Crippen LogP contribution in [0, 0.1) is 11.3 Å². The van der Waals surface area contributed by atoms with Crippen molar-refractivity contribution in [3.8, 4) is 0 Å². The Balaban J connectivity index is 1.86. The average Bonchev–Trinajstić information content (AvgIpc) is 2.94. The molecule has 0 aromatic heterocycles. The minimum Gasteiger partial charge on any atom is -0.444 e. The summed E-state index contributed by atoms with van der Waals surface area (Å²) in [4.78, 5) is 14.5. The van der Waals surface area contributed by atoms with Crippen LogP contribution in [0.5, 0.6) is 0 Å². The predicted molar refractivity (Wildman–Crippen MR) is 109 cm³/mol. The van der Waals surface area contributed by atoms with Crippen molar-refractivity contribution in [2.24, 2.45) is 11.3 Å². The molecule has 0 radical (unpaired) electrons. The number of amides is 1. The van der Waals surface area contributed by atoms with E-state index in [2.05, 4.69) is 25.0 Å². The lowest BCUT2D eigenvalue weighted by atomic mass is 9.69. The van der Waals surface area contributed by atoms with Crippen LogP contribution in [0.4, 0.5) is 4.79 Å². The van der Waals surface area contributed by atoms with Gasteiger partial charge in [0.2, 0.25) is 0 Å². The summed E-state index contributed by atoms with van der Waals surface area (Å²) in [6.07, 6.45) is 5.99. The third-order valence-electron chi connectivity index (χ3n) is 5.57. The van der Waals surface area contributed by atoms with Gasteiger partial charge in [-0.05, 0) is 77.6 Å². The predicted octanol–water partition coefficient (Wildman–Crippen LogP) is 4.24. The van der Waals surface area contributed by atoms with E-state index in [1.165, 1.54) is 25.7 Å². The second-order valence-electron chi connectivity index (χ2n) is 10.1. The second kappa shape index (κ2) is 8.61. The summed E-state index contributed by atoms with van der Waals surface area (Å²) in [5, 5.41) is 3.62. The van der Waals surface area contributed by atoms with Crippen molar-refractivity contribution in [2.75, 3.05) is 32.8 Å². The Kier molecular flexibility index (Phi) is 7.19. The summed E-state index contributed by atoms with van der Waals surface area (Å²) in [6, 6.07) is 0. The van der Waals surface area contributed by atoms with Crippen molar-refractivity contribution in [2.45, 2.75) is 78.1 Å². The molecule has 1 saturated heterocycles.